The summed E-state index contributed by atoms with van der Waals surface area (Å²) in [6, 6.07) is 1.14. The lowest BCUT2D eigenvalue weighted by molar-refractivity contribution is -0.142. The van der Waals surface area contributed by atoms with Crippen molar-refractivity contribution in [1.29, 1.82) is 0 Å². The molecule has 0 aliphatic carbocycles. The fourth-order valence-corrected chi connectivity index (χ4v) is 1.38. The van der Waals surface area contributed by atoms with Crippen LogP contribution >= 0.6 is 0 Å². The Kier molecular flexibility index (Phi) is 4.37. The smallest absolute Gasteiger partial charge is 0.311 e. The third-order valence-electron chi connectivity index (χ3n) is 2.23. The molecule has 0 atom stereocenters. The largest absolute Gasteiger partial charge is 0.466 e. The maximum absolute atomic E-state index is 12.6. The molecule has 1 aromatic rings. The molecule has 4 nitrogen and oxygen atoms in total. The molecule has 1 aromatic heterocycles. The summed E-state index contributed by atoms with van der Waals surface area (Å²) >= 11 is 0. The van der Waals surface area contributed by atoms with Gasteiger partial charge in [-0.25, -0.2) is 8.78 Å². The molecule has 1 N–H and O–H groups in total. The zero-order valence-electron chi connectivity index (χ0n) is 9.55. The Hall–Kier alpha value is -1.72. The summed E-state index contributed by atoms with van der Waals surface area (Å²) in [5.41, 5.74) is -0.864. The number of alkyl halides is 2. The van der Waals surface area contributed by atoms with Crippen LogP contribution < -0.4 is 5.43 Å². The van der Waals surface area contributed by atoms with Gasteiger partial charge in [-0.1, -0.05) is 0 Å². The first-order valence-corrected chi connectivity index (χ1v) is 5.12. The van der Waals surface area contributed by atoms with Crippen LogP contribution in [0.3, 0.4) is 0 Å². The fraction of sp³-hybridized carbons (Fsp3) is 0.455. The molecular formula is C11H13F2NO3. The fourth-order valence-electron chi connectivity index (χ4n) is 1.38. The molecule has 17 heavy (non-hydrogen) atoms. The first-order valence-electron chi connectivity index (χ1n) is 5.12. The van der Waals surface area contributed by atoms with Crippen molar-refractivity contribution >= 4 is 5.97 Å². The molecule has 1 rings (SSSR count). The van der Waals surface area contributed by atoms with Gasteiger partial charge in [0.25, 0.3) is 6.43 Å². The number of carbonyl (C=O) groups is 1. The van der Waals surface area contributed by atoms with Gasteiger partial charge in [-0.2, -0.15) is 0 Å². The first-order chi connectivity index (χ1) is 7.95. The average Bonchev–Trinajstić information content (AvgIpc) is 2.23. The number of H-pyrrole nitrogens is 1. The summed E-state index contributed by atoms with van der Waals surface area (Å²) < 4.78 is 29.8. The van der Waals surface area contributed by atoms with Crippen LogP contribution in [0.1, 0.15) is 30.3 Å². The molecular weight excluding hydrogens is 232 g/mol. The lowest BCUT2D eigenvalue weighted by Gasteiger charge is -2.08. The highest BCUT2D eigenvalue weighted by atomic mass is 19.3. The third-order valence-corrected chi connectivity index (χ3v) is 2.23. The van der Waals surface area contributed by atoms with E-state index in [4.69, 9.17) is 0 Å². The van der Waals surface area contributed by atoms with Gasteiger partial charge in [-0.15, -0.1) is 0 Å². The van der Waals surface area contributed by atoms with Gasteiger partial charge in [0.2, 0.25) is 0 Å². The molecule has 0 aliphatic heterocycles. The van der Waals surface area contributed by atoms with Gasteiger partial charge in [0, 0.05) is 17.3 Å². The predicted octanol–water partition coefficient (Wildman–Crippen LogP) is 1.73. The van der Waals surface area contributed by atoms with Crippen LogP contribution in [0.25, 0.3) is 0 Å². The molecule has 0 aliphatic rings. The second-order valence-electron chi connectivity index (χ2n) is 3.48. The van der Waals surface area contributed by atoms with E-state index in [-0.39, 0.29) is 24.3 Å². The summed E-state index contributed by atoms with van der Waals surface area (Å²) in [5, 5.41) is 0. The van der Waals surface area contributed by atoms with Crippen molar-refractivity contribution in [1.82, 2.24) is 4.98 Å². The maximum Gasteiger partial charge on any atom is 0.311 e. The average molecular weight is 245 g/mol. The minimum atomic E-state index is -2.77. The molecule has 0 fully saturated rings. The van der Waals surface area contributed by atoms with Crippen LogP contribution in [0.4, 0.5) is 8.78 Å². The highest BCUT2D eigenvalue weighted by Crippen LogP contribution is 2.18. The zero-order valence-corrected chi connectivity index (χ0v) is 9.55. The molecule has 0 saturated heterocycles. The van der Waals surface area contributed by atoms with Gasteiger partial charge < -0.3 is 9.72 Å². The Morgan fingerprint density at radius 1 is 1.53 bits per heavy atom. The Bertz CT molecular complexity index is 468. The summed E-state index contributed by atoms with van der Waals surface area (Å²) in [5.74, 6) is -0.563. The maximum atomic E-state index is 12.6. The molecule has 0 radical (unpaired) electrons. The van der Waals surface area contributed by atoms with Gasteiger partial charge in [-0.3, -0.25) is 9.59 Å². The molecule has 0 spiro atoms. The van der Waals surface area contributed by atoms with E-state index in [2.05, 4.69) is 9.72 Å². The number of pyridine rings is 1. The number of hydrogen-bond donors (Lipinski definition) is 1. The van der Waals surface area contributed by atoms with Crippen LogP contribution in [0.2, 0.25) is 0 Å². The van der Waals surface area contributed by atoms with Gasteiger partial charge in [0.15, 0.2) is 5.43 Å². The van der Waals surface area contributed by atoms with Crippen LogP contribution in [-0.2, 0) is 16.0 Å². The highest BCUT2D eigenvalue weighted by molar-refractivity contribution is 5.71. The molecule has 0 aromatic carbocycles. The third kappa shape index (κ3) is 3.37. The standard InChI is InChI=1S/C11H13F2NO3/c1-3-17-9(16)5-7-4-8(15)6(2)10(14-7)11(12)13/h4,11H,3,5H2,1-2H3,(H,14,15). The minimum absolute atomic E-state index is 0.0346. The van der Waals surface area contributed by atoms with Crippen molar-refractivity contribution < 1.29 is 18.3 Å². The summed E-state index contributed by atoms with van der Waals surface area (Å²) in [7, 11) is 0. The van der Waals surface area contributed by atoms with Crippen molar-refractivity contribution in [3.63, 3.8) is 0 Å². The van der Waals surface area contributed by atoms with E-state index in [0.29, 0.717) is 0 Å². The van der Waals surface area contributed by atoms with Crippen molar-refractivity contribution in [2.45, 2.75) is 26.7 Å². The van der Waals surface area contributed by atoms with Crippen LogP contribution in [0.15, 0.2) is 10.9 Å². The predicted molar refractivity (Wildman–Crippen MR) is 57.1 cm³/mol. The van der Waals surface area contributed by atoms with E-state index >= 15 is 0 Å². The van der Waals surface area contributed by atoms with Gasteiger partial charge in [0.05, 0.1) is 18.7 Å². The second kappa shape index (κ2) is 5.56. The number of esters is 1. The van der Waals surface area contributed by atoms with E-state index in [1.54, 1.807) is 6.92 Å². The molecule has 0 amide bonds. The van der Waals surface area contributed by atoms with Gasteiger partial charge >= 0.3 is 5.97 Å². The number of halogens is 2. The number of nitrogens with one attached hydrogen (secondary N) is 1. The van der Waals surface area contributed by atoms with Crippen molar-refractivity contribution in [3.05, 3.63) is 33.2 Å². The molecule has 0 saturated carbocycles. The molecule has 6 heteroatoms. The lowest BCUT2D eigenvalue weighted by atomic mass is 10.1. The minimum Gasteiger partial charge on any atom is -0.466 e. The normalized spacial score (nSPS) is 10.6. The number of aromatic amines is 1. The monoisotopic (exact) mass is 245 g/mol. The van der Waals surface area contributed by atoms with Crippen LogP contribution in [-0.4, -0.2) is 17.6 Å². The lowest BCUT2D eigenvalue weighted by Crippen LogP contribution is -2.16. The van der Waals surface area contributed by atoms with Crippen molar-refractivity contribution in [2.24, 2.45) is 0 Å². The summed E-state index contributed by atoms with van der Waals surface area (Å²) in [4.78, 5) is 24.9. The summed E-state index contributed by atoms with van der Waals surface area (Å²) in [6.45, 7) is 3.16. The molecule has 0 unspecified atom stereocenters. The van der Waals surface area contributed by atoms with Gasteiger partial charge in [-0.05, 0) is 13.8 Å². The van der Waals surface area contributed by atoms with Crippen LogP contribution in [0, 0.1) is 6.92 Å². The number of ether oxygens (including phenoxy) is 1. The number of hydrogen-bond acceptors (Lipinski definition) is 3. The van der Waals surface area contributed by atoms with E-state index < -0.39 is 23.5 Å². The first kappa shape index (κ1) is 13.3. The second-order valence-corrected chi connectivity index (χ2v) is 3.48. The molecule has 0 bridgehead atoms. The van der Waals surface area contributed by atoms with E-state index in [1.165, 1.54) is 6.92 Å². The Balaban J connectivity index is 3.03. The summed E-state index contributed by atoms with van der Waals surface area (Å²) in [6.07, 6.45) is -2.99. The number of carbonyl (C=O) groups excluding carboxylic acids is 1. The Morgan fingerprint density at radius 2 is 2.18 bits per heavy atom. The number of aromatic nitrogens is 1. The highest BCUT2D eigenvalue weighted by Gasteiger charge is 2.16. The molecule has 94 valence electrons. The SMILES string of the molecule is CCOC(=O)Cc1cc(=O)c(C)c(C(F)F)[nH]1. The van der Waals surface area contributed by atoms with E-state index in [9.17, 15) is 18.4 Å². The topological polar surface area (TPSA) is 59.2 Å². The molecule has 1 heterocycles. The zero-order chi connectivity index (χ0) is 13.0. The van der Waals surface area contributed by atoms with E-state index in [1.807, 2.05) is 0 Å². The van der Waals surface area contributed by atoms with Crippen molar-refractivity contribution in [3.8, 4) is 0 Å². The van der Waals surface area contributed by atoms with Gasteiger partial charge in [0.1, 0.15) is 0 Å². The Morgan fingerprint density at radius 3 is 2.71 bits per heavy atom. The Labute approximate surface area is 96.6 Å². The quantitative estimate of drug-likeness (QED) is 0.822. The van der Waals surface area contributed by atoms with Crippen LogP contribution in [0.5, 0.6) is 0 Å². The van der Waals surface area contributed by atoms with E-state index in [0.717, 1.165) is 6.07 Å². The van der Waals surface area contributed by atoms with Crippen molar-refractivity contribution in [2.75, 3.05) is 6.61 Å². The number of rotatable bonds is 4.